The van der Waals surface area contributed by atoms with Crippen LogP contribution >= 0.6 is 7.14 Å². The van der Waals surface area contributed by atoms with Gasteiger partial charge in [0.1, 0.15) is 36.9 Å². The summed E-state index contributed by atoms with van der Waals surface area (Å²) in [6.07, 6.45) is -0.101. The average molecular weight is 492 g/mol. The number of rotatable bonds is 7. The average Bonchev–Trinajstić information content (AvgIpc) is 3.81. The lowest BCUT2D eigenvalue weighted by Gasteiger charge is -2.29. The molecule has 3 unspecified atom stereocenters. The first kappa shape index (κ1) is 22.0. The van der Waals surface area contributed by atoms with E-state index in [1.165, 1.54) is 0 Å². The van der Waals surface area contributed by atoms with Crippen LogP contribution in [0.25, 0.3) is 0 Å². The first-order valence-corrected chi connectivity index (χ1v) is 12.9. The molecule has 3 aromatic rings. The van der Waals surface area contributed by atoms with Gasteiger partial charge in [0.05, 0.1) is 34.9 Å². The largest absolute Gasteiger partial charge is 0.459 e. The van der Waals surface area contributed by atoms with Crippen molar-refractivity contribution < 1.29 is 37.8 Å². The predicted octanol–water partition coefficient (Wildman–Crippen LogP) is 2.54. The SMILES string of the molecule is O=C(OCC1CO1)c1ccc2c(c1)Oc1ccc(C(=O)OCC3CO3)cc1P2(=O)c1ccccc1. The number of benzene rings is 3. The first-order chi connectivity index (χ1) is 17.0. The quantitative estimate of drug-likeness (QED) is 0.220. The number of hydrogen-bond donors (Lipinski definition) is 0. The Morgan fingerprint density at radius 1 is 0.771 bits per heavy atom. The summed E-state index contributed by atoms with van der Waals surface area (Å²) in [6.45, 7) is 1.53. The van der Waals surface area contributed by atoms with E-state index in [0.717, 1.165) is 0 Å². The van der Waals surface area contributed by atoms with Crippen LogP contribution in [0, 0.1) is 0 Å². The van der Waals surface area contributed by atoms with Crippen molar-refractivity contribution in [3.05, 3.63) is 77.9 Å². The third-order valence-corrected chi connectivity index (χ3v) is 9.12. The van der Waals surface area contributed by atoms with E-state index in [1.807, 2.05) is 18.2 Å². The zero-order chi connectivity index (χ0) is 24.0. The second kappa shape index (κ2) is 8.64. The molecule has 35 heavy (non-hydrogen) atoms. The predicted molar refractivity (Wildman–Crippen MR) is 126 cm³/mol. The Kier molecular flexibility index (Phi) is 5.44. The number of carbonyl (C=O) groups excluding carboxylic acids is 2. The minimum Gasteiger partial charge on any atom is -0.459 e. The van der Waals surface area contributed by atoms with Gasteiger partial charge in [-0.05, 0) is 36.4 Å². The van der Waals surface area contributed by atoms with Crippen molar-refractivity contribution in [3.8, 4) is 11.5 Å². The van der Waals surface area contributed by atoms with E-state index >= 15 is 0 Å². The molecule has 0 aromatic heterocycles. The second-order valence-corrected chi connectivity index (χ2v) is 11.2. The third kappa shape index (κ3) is 4.25. The number of carbonyl (C=O) groups is 2. The van der Waals surface area contributed by atoms with Crippen LogP contribution in [0.2, 0.25) is 0 Å². The maximum Gasteiger partial charge on any atom is 0.338 e. The minimum atomic E-state index is -3.44. The van der Waals surface area contributed by atoms with Gasteiger partial charge in [-0.3, -0.25) is 0 Å². The fraction of sp³-hybridized carbons (Fsp3) is 0.231. The van der Waals surface area contributed by atoms with Crippen molar-refractivity contribution in [1.29, 1.82) is 0 Å². The van der Waals surface area contributed by atoms with Crippen LogP contribution in [-0.2, 0) is 23.5 Å². The highest BCUT2D eigenvalue weighted by atomic mass is 31.2. The number of ether oxygens (including phenoxy) is 5. The van der Waals surface area contributed by atoms with Gasteiger partial charge >= 0.3 is 11.9 Å². The molecule has 2 saturated heterocycles. The first-order valence-electron chi connectivity index (χ1n) is 11.2. The maximum atomic E-state index is 14.9. The summed E-state index contributed by atoms with van der Waals surface area (Å²) in [5.41, 5.74) is 0.560. The van der Waals surface area contributed by atoms with Gasteiger partial charge in [0.15, 0.2) is 7.14 Å². The van der Waals surface area contributed by atoms with Crippen LogP contribution in [0.5, 0.6) is 11.5 Å². The molecule has 3 aromatic carbocycles. The Bertz CT molecular complexity index is 1360. The molecule has 2 fully saturated rings. The summed E-state index contributed by atoms with van der Waals surface area (Å²) in [7, 11) is -3.44. The smallest absolute Gasteiger partial charge is 0.338 e. The van der Waals surface area contributed by atoms with E-state index in [-0.39, 0.29) is 36.5 Å². The topological polar surface area (TPSA) is 104 Å². The van der Waals surface area contributed by atoms with Crippen LogP contribution in [0.15, 0.2) is 66.7 Å². The number of hydrogen-bond acceptors (Lipinski definition) is 8. The molecular formula is C26H21O8P. The summed E-state index contributed by atoms with van der Waals surface area (Å²) in [5.74, 6) is -0.372. The molecule has 3 atom stereocenters. The molecule has 178 valence electrons. The van der Waals surface area contributed by atoms with Crippen molar-refractivity contribution in [2.45, 2.75) is 12.2 Å². The van der Waals surface area contributed by atoms with Crippen LogP contribution in [0.4, 0.5) is 0 Å². The molecule has 8 nitrogen and oxygen atoms in total. The molecule has 0 N–H and O–H groups in total. The molecular weight excluding hydrogens is 471 g/mol. The van der Waals surface area contributed by atoms with Gasteiger partial charge in [-0.25, -0.2) is 9.59 Å². The van der Waals surface area contributed by atoms with E-state index in [9.17, 15) is 14.2 Å². The highest BCUT2D eigenvalue weighted by Gasteiger charge is 2.40. The Morgan fingerprint density at radius 3 is 2.00 bits per heavy atom. The van der Waals surface area contributed by atoms with E-state index < -0.39 is 19.1 Å². The fourth-order valence-corrected chi connectivity index (χ4v) is 6.82. The van der Waals surface area contributed by atoms with Crippen LogP contribution in [0.3, 0.4) is 0 Å². The lowest BCUT2D eigenvalue weighted by atomic mass is 10.2. The molecule has 0 amide bonds. The van der Waals surface area contributed by atoms with E-state index in [0.29, 0.717) is 40.6 Å². The monoisotopic (exact) mass is 492 g/mol. The summed E-state index contributed by atoms with van der Waals surface area (Å²) < 4.78 is 41.7. The zero-order valence-corrected chi connectivity index (χ0v) is 19.4. The Morgan fingerprint density at radius 2 is 1.37 bits per heavy atom. The maximum absolute atomic E-state index is 14.9. The molecule has 3 aliphatic rings. The Labute approximate surface area is 201 Å². The standard InChI is InChI=1S/C26H21O8P/c27-25(32-14-18-12-30-18)16-7-9-23-22(10-16)34-21-8-6-17(26(28)33-15-19-13-31-19)11-24(21)35(23,29)20-4-2-1-3-5-20/h1-11,18-19H,12-15H2. The van der Waals surface area contributed by atoms with Crippen molar-refractivity contribution in [3.63, 3.8) is 0 Å². The van der Waals surface area contributed by atoms with Gasteiger partial charge < -0.3 is 28.2 Å². The van der Waals surface area contributed by atoms with Crippen LogP contribution in [0.1, 0.15) is 20.7 Å². The molecule has 0 saturated carbocycles. The van der Waals surface area contributed by atoms with E-state index in [4.69, 9.17) is 23.7 Å². The minimum absolute atomic E-state index is 0.0457. The molecule has 0 aliphatic carbocycles. The molecule has 3 heterocycles. The summed E-state index contributed by atoms with van der Waals surface area (Å²) in [6, 6.07) is 18.5. The zero-order valence-electron chi connectivity index (χ0n) is 18.5. The molecule has 0 spiro atoms. The number of epoxide rings is 2. The molecule has 0 bridgehead atoms. The van der Waals surface area contributed by atoms with E-state index in [1.54, 1.807) is 48.5 Å². The van der Waals surface area contributed by atoms with Crippen molar-refractivity contribution in [2.24, 2.45) is 0 Å². The fourth-order valence-electron chi connectivity index (χ4n) is 3.96. The van der Waals surface area contributed by atoms with Gasteiger partial charge in [0, 0.05) is 5.30 Å². The Balaban J connectivity index is 1.39. The van der Waals surface area contributed by atoms with Crippen LogP contribution < -0.4 is 20.7 Å². The van der Waals surface area contributed by atoms with Crippen molar-refractivity contribution in [1.82, 2.24) is 0 Å². The van der Waals surface area contributed by atoms with Gasteiger partial charge in [-0.15, -0.1) is 0 Å². The summed E-state index contributed by atoms with van der Waals surface area (Å²) in [5, 5.41) is 1.42. The highest BCUT2D eigenvalue weighted by Crippen LogP contribution is 2.51. The van der Waals surface area contributed by atoms with E-state index in [2.05, 4.69) is 0 Å². The summed E-state index contributed by atoms with van der Waals surface area (Å²) in [4.78, 5) is 25.1. The molecule has 9 heteroatoms. The molecule has 0 radical (unpaired) electrons. The lowest BCUT2D eigenvalue weighted by Crippen LogP contribution is -2.31. The Hall–Kier alpha value is -3.45. The van der Waals surface area contributed by atoms with Crippen LogP contribution in [-0.4, -0.2) is 50.6 Å². The molecule has 6 rings (SSSR count). The number of esters is 2. The van der Waals surface area contributed by atoms with Gasteiger partial charge in [0.2, 0.25) is 0 Å². The van der Waals surface area contributed by atoms with Gasteiger partial charge in [-0.1, -0.05) is 30.3 Å². The normalized spacial score (nSPS) is 23.3. The lowest BCUT2D eigenvalue weighted by molar-refractivity contribution is 0.0468. The van der Waals surface area contributed by atoms with Gasteiger partial charge in [-0.2, -0.15) is 0 Å². The highest BCUT2D eigenvalue weighted by molar-refractivity contribution is 7.85. The van der Waals surface area contributed by atoms with Gasteiger partial charge in [0.25, 0.3) is 0 Å². The molecule has 3 aliphatic heterocycles. The van der Waals surface area contributed by atoms with Crippen molar-refractivity contribution >= 4 is 35.0 Å². The number of fused-ring (bicyclic) bond motifs is 2. The second-order valence-electron chi connectivity index (χ2n) is 8.52. The summed E-state index contributed by atoms with van der Waals surface area (Å²) >= 11 is 0. The van der Waals surface area contributed by atoms with Crippen molar-refractivity contribution in [2.75, 3.05) is 26.4 Å². The third-order valence-electron chi connectivity index (χ3n) is 6.01.